The van der Waals surface area contributed by atoms with E-state index in [1.54, 1.807) is 31.2 Å². The molecule has 1 spiro atoms. The number of halogens is 1. The molecule has 0 aromatic heterocycles. The Kier molecular flexibility index (Phi) is 2.35. The SMILES string of the molecule is CC12OC=C3C(=O)Oc4ccccc4C3(Oc3ccc(F)cc31)O2. The Hall–Kier alpha value is -2.86. The Morgan fingerprint density at radius 2 is 1.88 bits per heavy atom. The van der Waals surface area contributed by atoms with Crippen molar-refractivity contribution >= 4 is 5.97 Å². The first-order valence-corrected chi connectivity index (χ1v) is 7.41. The van der Waals surface area contributed by atoms with Crippen molar-refractivity contribution in [3.63, 3.8) is 0 Å². The van der Waals surface area contributed by atoms with Gasteiger partial charge in [-0.15, -0.1) is 0 Å². The summed E-state index contributed by atoms with van der Waals surface area (Å²) in [4.78, 5) is 12.4. The number of ether oxygens (including phenoxy) is 4. The smallest absolute Gasteiger partial charge is 0.349 e. The summed E-state index contributed by atoms with van der Waals surface area (Å²) < 4.78 is 36.8. The van der Waals surface area contributed by atoms with Crippen LogP contribution < -0.4 is 9.47 Å². The van der Waals surface area contributed by atoms with Gasteiger partial charge in [-0.2, -0.15) is 0 Å². The third-order valence-corrected chi connectivity index (χ3v) is 4.44. The topological polar surface area (TPSA) is 54.0 Å². The van der Waals surface area contributed by atoms with Gasteiger partial charge < -0.3 is 14.2 Å². The second-order valence-corrected chi connectivity index (χ2v) is 5.94. The minimum absolute atomic E-state index is 0.105. The third-order valence-electron chi connectivity index (χ3n) is 4.44. The molecule has 2 bridgehead atoms. The summed E-state index contributed by atoms with van der Waals surface area (Å²) >= 11 is 0. The van der Waals surface area contributed by atoms with Crippen molar-refractivity contribution in [1.82, 2.24) is 0 Å². The van der Waals surface area contributed by atoms with Gasteiger partial charge in [-0.3, -0.25) is 4.74 Å². The van der Waals surface area contributed by atoms with E-state index in [4.69, 9.17) is 18.9 Å². The van der Waals surface area contributed by atoms with Crippen LogP contribution in [-0.4, -0.2) is 5.97 Å². The Bertz CT molecular complexity index is 937. The third kappa shape index (κ3) is 1.53. The molecule has 2 aromatic carbocycles. The molecule has 3 aliphatic rings. The maximum Gasteiger partial charge on any atom is 0.349 e. The van der Waals surface area contributed by atoms with E-state index in [0.717, 1.165) is 0 Å². The summed E-state index contributed by atoms with van der Waals surface area (Å²) in [5.74, 6) is -3.07. The number of hydrogen-bond acceptors (Lipinski definition) is 5. The van der Waals surface area contributed by atoms with E-state index >= 15 is 0 Å². The lowest BCUT2D eigenvalue weighted by Gasteiger charge is -2.50. The van der Waals surface area contributed by atoms with Gasteiger partial charge >= 0.3 is 5.97 Å². The largest absolute Gasteiger partial charge is 0.465 e. The number of fused-ring (bicyclic) bond motifs is 4. The monoisotopic (exact) mass is 326 g/mol. The molecule has 3 heterocycles. The molecule has 0 saturated carbocycles. The molecular weight excluding hydrogens is 315 g/mol. The summed E-state index contributed by atoms with van der Waals surface area (Å²) in [6, 6.07) is 11.1. The van der Waals surface area contributed by atoms with Gasteiger partial charge in [0.15, 0.2) is 0 Å². The average Bonchev–Trinajstić information content (AvgIpc) is 2.55. The Balaban J connectivity index is 1.81. The maximum absolute atomic E-state index is 13.7. The Labute approximate surface area is 136 Å². The summed E-state index contributed by atoms with van der Waals surface area (Å²) in [5, 5.41) is 0. The van der Waals surface area contributed by atoms with Crippen molar-refractivity contribution in [2.45, 2.75) is 18.5 Å². The predicted octanol–water partition coefficient (Wildman–Crippen LogP) is 3.09. The zero-order valence-electron chi connectivity index (χ0n) is 12.5. The molecule has 0 fully saturated rings. The standard InChI is InChI=1S/C18H11FO5/c1-17-12-8-10(19)6-7-15(12)23-18(24-17)11-4-2-3-5-14(11)22-16(20)13(18)9-21-17/h2-9H,1H3. The van der Waals surface area contributed by atoms with Crippen molar-refractivity contribution in [2.24, 2.45) is 0 Å². The normalized spacial score (nSPS) is 29.1. The van der Waals surface area contributed by atoms with Crippen LogP contribution in [0, 0.1) is 5.82 Å². The van der Waals surface area contributed by atoms with Gasteiger partial charge in [0.05, 0.1) is 11.1 Å². The number of benzene rings is 2. The number of hydrogen-bond donors (Lipinski definition) is 0. The van der Waals surface area contributed by atoms with E-state index < -0.39 is 23.4 Å². The van der Waals surface area contributed by atoms with Gasteiger partial charge in [-0.25, -0.2) is 9.18 Å². The fourth-order valence-corrected chi connectivity index (χ4v) is 3.32. The minimum Gasteiger partial charge on any atom is -0.465 e. The fourth-order valence-electron chi connectivity index (χ4n) is 3.32. The summed E-state index contributed by atoms with van der Waals surface area (Å²) in [6.45, 7) is 1.66. The molecule has 5 nitrogen and oxygen atoms in total. The van der Waals surface area contributed by atoms with Gasteiger partial charge in [-0.1, -0.05) is 12.1 Å². The fraction of sp³-hybridized carbons (Fsp3) is 0.167. The molecule has 0 N–H and O–H groups in total. The molecule has 0 aliphatic carbocycles. The molecule has 6 heteroatoms. The highest BCUT2D eigenvalue weighted by Gasteiger charge is 2.61. The van der Waals surface area contributed by atoms with Crippen LogP contribution in [0.1, 0.15) is 18.1 Å². The molecule has 2 unspecified atom stereocenters. The lowest BCUT2D eigenvalue weighted by atomic mass is 9.90. The molecule has 120 valence electrons. The van der Waals surface area contributed by atoms with Gasteiger partial charge in [0.25, 0.3) is 5.79 Å². The molecule has 0 radical (unpaired) electrons. The van der Waals surface area contributed by atoms with Crippen LogP contribution in [0.5, 0.6) is 11.5 Å². The van der Waals surface area contributed by atoms with Gasteiger partial charge in [-0.05, 0) is 30.3 Å². The van der Waals surface area contributed by atoms with Crippen molar-refractivity contribution < 1.29 is 28.1 Å². The zero-order chi connectivity index (χ0) is 16.5. The van der Waals surface area contributed by atoms with Crippen LogP contribution in [0.4, 0.5) is 4.39 Å². The molecule has 0 saturated heterocycles. The first-order valence-electron chi connectivity index (χ1n) is 7.41. The van der Waals surface area contributed by atoms with E-state index in [1.807, 2.05) is 0 Å². The van der Waals surface area contributed by atoms with Gasteiger partial charge in [0.1, 0.15) is 29.2 Å². The average molecular weight is 326 g/mol. The maximum atomic E-state index is 13.7. The van der Waals surface area contributed by atoms with Crippen LogP contribution in [0.15, 0.2) is 54.3 Å². The van der Waals surface area contributed by atoms with Crippen LogP contribution in [-0.2, 0) is 25.8 Å². The Morgan fingerprint density at radius 1 is 1.04 bits per heavy atom. The van der Waals surface area contributed by atoms with E-state index in [-0.39, 0.29) is 5.57 Å². The Morgan fingerprint density at radius 3 is 2.75 bits per heavy atom. The van der Waals surface area contributed by atoms with E-state index in [9.17, 15) is 9.18 Å². The second kappa shape index (κ2) is 4.15. The number of carbonyl (C=O) groups is 1. The molecule has 24 heavy (non-hydrogen) atoms. The molecular formula is C18H11FO5. The molecule has 2 atom stereocenters. The highest BCUT2D eigenvalue weighted by Crippen LogP contribution is 2.56. The van der Waals surface area contributed by atoms with Crippen molar-refractivity contribution in [1.29, 1.82) is 0 Å². The van der Waals surface area contributed by atoms with E-state index in [2.05, 4.69) is 0 Å². The quantitative estimate of drug-likeness (QED) is 0.550. The first-order chi connectivity index (χ1) is 11.5. The predicted molar refractivity (Wildman–Crippen MR) is 78.4 cm³/mol. The van der Waals surface area contributed by atoms with Crippen LogP contribution in [0.25, 0.3) is 0 Å². The summed E-state index contributed by atoms with van der Waals surface area (Å²) in [5.41, 5.74) is 1.08. The molecule has 3 aliphatic heterocycles. The van der Waals surface area contributed by atoms with Crippen LogP contribution in [0.3, 0.4) is 0 Å². The summed E-state index contributed by atoms with van der Waals surface area (Å²) in [7, 11) is 0. The van der Waals surface area contributed by atoms with Crippen molar-refractivity contribution in [3.05, 3.63) is 71.2 Å². The summed E-state index contributed by atoms with van der Waals surface area (Å²) in [6.07, 6.45) is 1.27. The van der Waals surface area contributed by atoms with Crippen LogP contribution in [0.2, 0.25) is 0 Å². The second-order valence-electron chi connectivity index (χ2n) is 5.94. The van der Waals surface area contributed by atoms with Gasteiger partial charge in [0.2, 0.25) is 5.79 Å². The molecule has 2 aromatic rings. The number of carbonyl (C=O) groups excluding carboxylic acids is 1. The molecule has 5 rings (SSSR count). The number of esters is 1. The highest BCUT2D eigenvalue weighted by atomic mass is 19.1. The van der Waals surface area contributed by atoms with Gasteiger partial charge in [0, 0.05) is 6.92 Å². The zero-order valence-corrected chi connectivity index (χ0v) is 12.5. The van der Waals surface area contributed by atoms with Crippen LogP contribution >= 0.6 is 0 Å². The first kappa shape index (κ1) is 13.6. The number of para-hydroxylation sites is 1. The number of rotatable bonds is 0. The minimum atomic E-state index is -1.48. The van der Waals surface area contributed by atoms with E-state index in [0.29, 0.717) is 22.6 Å². The molecule has 0 amide bonds. The van der Waals surface area contributed by atoms with Crippen molar-refractivity contribution in [3.8, 4) is 11.5 Å². The highest BCUT2D eigenvalue weighted by molar-refractivity contribution is 5.95. The van der Waals surface area contributed by atoms with E-state index in [1.165, 1.54) is 24.5 Å². The lowest BCUT2D eigenvalue weighted by molar-refractivity contribution is -0.348. The van der Waals surface area contributed by atoms with Crippen molar-refractivity contribution in [2.75, 3.05) is 0 Å². The lowest BCUT2D eigenvalue weighted by Crippen LogP contribution is -2.56.